The van der Waals surface area contributed by atoms with Crippen molar-refractivity contribution in [1.29, 1.82) is 0 Å². The molecule has 0 aromatic heterocycles. The van der Waals surface area contributed by atoms with E-state index >= 15 is 0 Å². The van der Waals surface area contributed by atoms with E-state index in [1.165, 1.54) is 44.5 Å². The summed E-state index contributed by atoms with van der Waals surface area (Å²) in [4.78, 5) is 0. The van der Waals surface area contributed by atoms with Gasteiger partial charge in [-0.2, -0.15) is 0 Å². The lowest BCUT2D eigenvalue weighted by molar-refractivity contribution is 0.647. The van der Waals surface area contributed by atoms with Gasteiger partial charge in [0.1, 0.15) is 0 Å². The molecule has 0 bridgehead atoms. The van der Waals surface area contributed by atoms with Crippen molar-refractivity contribution in [2.45, 2.75) is 38.5 Å². The van der Waals surface area contributed by atoms with Crippen molar-refractivity contribution >= 4 is 0 Å². The maximum atomic E-state index is 2.38. The molecule has 24 heavy (non-hydrogen) atoms. The van der Waals surface area contributed by atoms with Crippen molar-refractivity contribution in [3.8, 4) is 22.3 Å². The van der Waals surface area contributed by atoms with E-state index in [1.54, 1.807) is 0 Å². The lowest BCUT2D eigenvalue weighted by Crippen LogP contribution is -2.18. The van der Waals surface area contributed by atoms with E-state index in [4.69, 9.17) is 0 Å². The monoisotopic (exact) mass is 310 g/mol. The molecule has 0 aliphatic heterocycles. The minimum absolute atomic E-state index is 0.0464. The molecule has 5 rings (SSSR count). The zero-order valence-corrected chi connectivity index (χ0v) is 14.8. The number of hydrogen-bond acceptors (Lipinski definition) is 0. The molecule has 118 valence electrons. The molecule has 0 nitrogen and oxygen atoms in total. The van der Waals surface area contributed by atoms with Crippen molar-refractivity contribution in [2.75, 3.05) is 0 Å². The molecule has 0 saturated carbocycles. The lowest BCUT2D eigenvalue weighted by Gasteiger charge is -2.26. The Bertz CT molecular complexity index is 1000. The summed E-state index contributed by atoms with van der Waals surface area (Å²) in [5.41, 5.74) is 11.8. The van der Waals surface area contributed by atoms with Gasteiger partial charge in [-0.05, 0) is 44.5 Å². The molecule has 0 amide bonds. The average Bonchev–Trinajstić information content (AvgIpc) is 2.96. The third kappa shape index (κ3) is 1.45. The molecular weight excluding hydrogens is 288 g/mol. The minimum atomic E-state index is 0.0464. The van der Waals surface area contributed by atoms with E-state index in [0.717, 1.165) is 0 Å². The SMILES string of the molecule is CC1(C)c2ccccc2-c2c1ccc1c2C(C)(C)c2ccccc2-1. The van der Waals surface area contributed by atoms with Crippen LogP contribution in [0.4, 0.5) is 0 Å². The Kier molecular flexibility index (Phi) is 2.45. The highest BCUT2D eigenvalue weighted by molar-refractivity contribution is 5.93. The first-order valence-corrected chi connectivity index (χ1v) is 8.82. The van der Waals surface area contributed by atoms with Crippen molar-refractivity contribution in [3.05, 3.63) is 82.9 Å². The predicted octanol–water partition coefficient (Wildman–Crippen LogP) is 6.30. The standard InChI is InChI=1S/C24H22/c1-23(2)19-12-8-6-10-17(19)21-20(23)14-13-16-15-9-5-7-11-18(15)24(3,4)22(16)21/h5-14H,1-4H3. The molecule has 0 saturated heterocycles. The molecule has 0 radical (unpaired) electrons. The van der Waals surface area contributed by atoms with E-state index in [-0.39, 0.29) is 10.8 Å². The van der Waals surface area contributed by atoms with E-state index in [1.807, 2.05) is 0 Å². The fourth-order valence-corrected chi connectivity index (χ4v) is 5.07. The first kappa shape index (κ1) is 14.0. The summed E-state index contributed by atoms with van der Waals surface area (Å²) in [6.45, 7) is 9.48. The van der Waals surface area contributed by atoms with Gasteiger partial charge in [-0.3, -0.25) is 0 Å². The summed E-state index contributed by atoms with van der Waals surface area (Å²) in [5.74, 6) is 0. The van der Waals surface area contributed by atoms with E-state index in [9.17, 15) is 0 Å². The normalized spacial score (nSPS) is 17.8. The van der Waals surface area contributed by atoms with Crippen molar-refractivity contribution in [1.82, 2.24) is 0 Å². The van der Waals surface area contributed by atoms with Gasteiger partial charge in [0.25, 0.3) is 0 Å². The molecule has 0 unspecified atom stereocenters. The molecule has 2 aliphatic rings. The minimum Gasteiger partial charge on any atom is -0.0619 e. The zero-order valence-electron chi connectivity index (χ0n) is 14.8. The zero-order chi connectivity index (χ0) is 16.7. The second-order valence-corrected chi connectivity index (χ2v) is 8.25. The van der Waals surface area contributed by atoms with Crippen LogP contribution in [-0.2, 0) is 10.8 Å². The van der Waals surface area contributed by atoms with Crippen LogP contribution in [0.1, 0.15) is 49.9 Å². The summed E-state index contributed by atoms with van der Waals surface area (Å²) in [6.07, 6.45) is 0. The van der Waals surface area contributed by atoms with Crippen molar-refractivity contribution in [2.24, 2.45) is 0 Å². The second-order valence-electron chi connectivity index (χ2n) is 8.25. The molecular formula is C24H22. The number of rotatable bonds is 0. The highest BCUT2D eigenvalue weighted by Crippen LogP contribution is 2.58. The largest absolute Gasteiger partial charge is 0.0619 e. The molecule has 3 aromatic rings. The Morgan fingerprint density at radius 2 is 1.08 bits per heavy atom. The van der Waals surface area contributed by atoms with Gasteiger partial charge < -0.3 is 0 Å². The Labute approximate surface area is 144 Å². The average molecular weight is 310 g/mol. The number of benzene rings is 3. The van der Waals surface area contributed by atoms with Crippen molar-refractivity contribution in [3.63, 3.8) is 0 Å². The van der Waals surface area contributed by atoms with Gasteiger partial charge in [0, 0.05) is 10.8 Å². The van der Waals surface area contributed by atoms with Crippen LogP contribution in [0, 0.1) is 0 Å². The molecule has 0 fully saturated rings. The first-order valence-electron chi connectivity index (χ1n) is 8.82. The molecule has 0 N–H and O–H groups in total. The third-order valence-corrected chi connectivity index (χ3v) is 6.26. The maximum absolute atomic E-state index is 2.38. The summed E-state index contributed by atoms with van der Waals surface area (Å²) < 4.78 is 0. The van der Waals surface area contributed by atoms with E-state index in [2.05, 4.69) is 88.4 Å². The van der Waals surface area contributed by atoms with E-state index < -0.39 is 0 Å². The van der Waals surface area contributed by atoms with Crippen LogP contribution in [0.5, 0.6) is 0 Å². The van der Waals surface area contributed by atoms with Crippen molar-refractivity contribution < 1.29 is 0 Å². The Hall–Kier alpha value is -2.34. The topological polar surface area (TPSA) is 0 Å². The Morgan fingerprint density at radius 1 is 0.500 bits per heavy atom. The van der Waals surface area contributed by atoms with Crippen LogP contribution >= 0.6 is 0 Å². The fraction of sp³-hybridized carbons (Fsp3) is 0.250. The molecule has 0 heterocycles. The van der Waals surface area contributed by atoms with Gasteiger partial charge in [0.2, 0.25) is 0 Å². The van der Waals surface area contributed by atoms with Gasteiger partial charge in [-0.15, -0.1) is 0 Å². The van der Waals surface area contributed by atoms with Gasteiger partial charge in [-0.25, -0.2) is 0 Å². The molecule has 0 spiro atoms. The van der Waals surface area contributed by atoms with Crippen LogP contribution in [0.15, 0.2) is 60.7 Å². The highest BCUT2D eigenvalue weighted by Gasteiger charge is 2.44. The molecule has 3 aromatic carbocycles. The van der Waals surface area contributed by atoms with Crippen LogP contribution in [0.25, 0.3) is 22.3 Å². The Balaban J connectivity index is 1.95. The van der Waals surface area contributed by atoms with Gasteiger partial charge >= 0.3 is 0 Å². The van der Waals surface area contributed by atoms with Gasteiger partial charge in [0.05, 0.1) is 0 Å². The van der Waals surface area contributed by atoms with Crippen LogP contribution in [-0.4, -0.2) is 0 Å². The first-order chi connectivity index (χ1) is 11.4. The predicted molar refractivity (Wildman–Crippen MR) is 102 cm³/mol. The van der Waals surface area contributed by atoms with Gasteiger partial charge in [0.15, 0.2) is 0 Å². The fourth-order valence-electron chi connectivity index (χ4n) is 5.07. The third-order valence-electron chi connectivity index (χ3n) is 6.26. The second kappa shape index (κ2) is 4.19. The van der Waals surface area contributed by atoms with E-state index in [0.29, 0.717) is 0 Å². The summed E-state index contributed by atoms with van der Waals surface area (Å²) >= 11 is 0. The van der Waals surface area contributed by atoms with Gasteiger partial charge in [-0.1, -0.05) is 88.4 Å². The quantitative estimate of drug-likeness (QED) is 0.457. The molecule has 0 atom stereocenters. The van der Waals surface area contributed by atoms with Crippen LogP contribution in [0.2, 0.25) is 0 Å². The number of fused-ring (bicyclic) bond motifs is 7. The molecule has 0 heteroatoms. The highest BCUT2D eigenvalue weighted by atomic mass is 14.5. The summed E-state index contributed by atoms with van der Waals surface area (Å²) in [6, 6.07) is 22.6. The lowest BCUT2D eigenvalue weighted by atomic mass is 9.77. The number of hydrogen-bond donors (Lipinski definition) is 0. The Morgan fingerprint density at radius 3 is 1.79 bits per heavy atom. The summed E-state index contributed by atoms with van der Waals surface area (Å²) in [5, 5.41) is 0. The van der Waals surface area contributed by atoms with Crippen LogP contribution < -0.4 is 0 Å². The maximum Gasteiger partial charge on any atom is 0.0165 e. The smallest absolute Gasteiger partial charge is 0.0165 e. The summed E-state index contributed by atoms with van der Waals surface area (Å²) in [7, 11) is 0. The van der Waals surface area contributed by atoms with Crippen LogP contribution in [0.3, 0.4) is 0 Å². The molecule has 2 aliphatic carbocycles.